The summed E-state index contributed by atoms with van der Waals surface area (Å²) < 4.78 is 4.90. The lowest BCUT2D eigenvalue weighted by molar-refractivity contribution is 0.561. The van der Waals surface area contributed by atoms with E-state index in [4.69, 9.17) is 20.2 Å². The summed E-state index contributed by atoms with van der Waals surface area (Å²) in [6, 6.07) is 9.98. The van der Waals surface area contributed by atoms with Crippen LogP contribution >= 0.6 is 0 Å². The van der Waals surface area contributed by atoms with Crippen molar-refractivity contribution in [2.45, 2.75) is 0 Å². The van der Waals surface area contributed by atoms with Crippen LogP contribution in [0.2, 0.25) is 0 Å². The van der Waals surface area contributed by atoms with E-state index in [-0.39, 0.29) is 0 Å². The second-order valence-corrected chi connectivity index (χ2v) is 2.62. The summed E-state index contributed by atoms with van der Waals surface area (Å²) in [6.07, 6.45) is 0. The zero-order valence-electron chi connectivity index (χ0n) is 8.70. The molecule has 5 nitrogen and oxygen atoms in total. The minimum absolute atomic E-state index is 0.400. The first-order valence-electron chi connectivity index (χ1n) is 4.25. The molecule has 17 heavy (non-hydrogen) atoms. The molecule has 0 bridgehead atoms. The van der Waals surface area contributed by atoms with E-state index in [9.17, 15) is 4.79 Å². The molecule has 1 aromatic carbocycles. The fourth-order valence-corrected chi connectivity index (χ4v) is 1.13. The third-order valence-electron chi connectivity index (χ3n) is 1.75. The Hall–Kier alpha value is -3.10. The Balaban J connectivity index is 0.000000581. The molecule has 0 fully saturated rings. The molecule has 5 heteroatoms. The molecule has 1 aromatic heterocycles. The number of fused-ring (bicyclic) bond motifs is 1. The maximum Gasteiger partial charge on any atom is 0.336 e. The molecule has 0 aliphatic rings. The normalized spacial score (nSPS) is 7.71. The zero-order valence-corrected chi connectivity index (χ0v) is 8.70. The van der Waals surface area contributed by atoms with E-state index >= 15 is 0 Å². The summed E-state index contributed by atoms with van der Waals surface area (Å²) in [5, 5.41) is 22.4. The summed E-state index contributed by atoms with van der Waals surface area (Å²) in [5.41, 5.74) is 0.538. The molecular formula is C12H7N3O2. The van der Waals surface area contributed by atoms with E-state index in [1.165, 1.54) is 6.07 Å². The van der Waals surface area contributed by atoms with Gasteiger partial charge in [0.15, 0.2) is 0 Å². The van der Waals surface area contributed by atoms with E-state index in [2.05, 4.69) is 13.1 Å². The van der Waals surface area contributed by atoms with Gasteiger partial charge in [-0.25, -0.2) is 15.3 Å². The molecule has 2 aromatic rings. The number of hydrogen-bond donors (Lipinski definition) is 0. The van der Waals surface area contributed by atoms with Crippen LogP contribution in [-0.4, -0.2) is 0 Å². The molecule has 0 atom stereocenters. The fourth-order valence-electron chi connectivity index (χ4n) is 1.13. The molecule has 1 heterocycles. The van der Waals surface area contributed by atoms with Gasteiger partial charge in [0.2, 0.25) is 0 Å². The lowest BCUT2D eigenvalue weighted by Crippen LogP contribution is -1.94. The molecule has 0 spiro atoms. The Bertz CT molecular complexity index is 626. The predicted octanol–water partition coefficient (Wildman–Crippen LogP) is 1.94. The number of hydrogen-bond acceptors (Lipinski definition) is 5. The summed E-state index contributed by atoms with van der Waals surface area (Å²) in [5.74, 6) is 0. The van der Waals surface area contributed by atoms with Crippen LogP contribution in [0.3, 0.4) is 0 Å². The highest BCUT2D eigenvalue weighted by molar-refractivity contribution is 5.77. The van der Waals surface area contributed by atoms with Crippen LogP contribution in [-0.2, 0) is 0 Å². The average molecular weight is 225 g/mol. The van der Waals surface area contributed by atoms with Gasteiger partial charge in [0.25, 0.3) is 0 Å². The third kappa shape index (κ3) is 3.51. The standard InChI is InChI=1S/C10H5NO2.2CHN/c11-6-7-1-2-8-3-4-10(12)13-9(8)5-7;2*1-2/h1-5H;2*1H. The lowest BCUT2D eigenvalue weighted by atomic mass is 10.2. The molecule has 0 N–H and O–H groups in total. The van der Waals surface area contributed by atoms with Gasteiger partial charge in [-0.05, 0) is 24.3 Å². The number of nitriles is 3. The van der Waals surface area contributed by atoms with Gasteiger partial charge in [-0.1, -0.05) is 0 Å². The van der Waals surface area contributed by atoms with Gasteiger partial charge < -0.3 is 4.42 Å². The Morgan fingerprint density at radius 3 is 2.24 bits per heavy atom. The molecule has 2 rings (SSSR count). The van der Waals surface area contributed by atoms with Gasteiger partial charge in [-0.15, -0.1) is 0 Å². The Morgan fingerprint density at radius 2 is 1.65 bits per heavy atom. The van der Waals surface area contributed by atoms with Gasteiger partial charge in [-0.3, -0.25) is 0 Å². The average Bonchev–Trinajstić information content (AvgIpc) is 2.42. The van der Waals surface area contributed by atoms with Crippen LogP contribution in [0.1, 0.15) is 5.56 Å². The minimum Gasteiger partial charge on any atom is -0.423 e. The van der Waals surface area contributed by atoms with E-state index in [0.29, 0.717) is 11.1 Å². The molecule has 0 saturated heterocycles. The van der Waals surface area contributed by atoms with E-state index < -0.39 is 5.63 Å². The van der Waals surface area contributed by atoms with E-state index in [1.54, 1.807) is 24.3 Å². The Morgan fingerprint density at radius 1 is 1.06 bits per heavy atom. The number of benzene rings is 1. The molecule has 0 unspecified atom stereocenters. The van der Waals surface area contributed by atoms with Gasteiger partial charge in [0.1, 0.15) is 5.58 Å². The van der Waals surface area contributed by atoms with Crippen molar-refractivity contribution in [3.63, 3.8) is 0 Å². The van der Waals surface area contributed by atoms with Gasteiger partial charge in [-0.2, -0.15) is 5.26 Å². The van der Waals surface area contributed by atoms with Crippen molar-refractivity contribution in [2.75, 3.05) is 0 Å². The van der Waals surface area contributed by atoms with Crippen LogP contribution < -0.4 is 5.63 Å². The molecule has 82 valence electrons. The van der Waals surface area contributed by atoms with Crippen molar-refractivity contribution in [1.82, 2.24) is 0 Å². The summed E-state index contributed by atoms with van der Waals surface area (Å²) in [6.45, 7) is 7.00. The first-order valence-corrected chi connectivity index (χ1v) is 4.25. The van der Waals surface area contributed by atoms with Gasteiger partial charge in [0.05, 0.1) is 11.6 Å². The van der Waals surface area contributed by atoms with Crippen LogP contribution in [0, 0.1) is 35.0 Å². The van der Waals surface area contributed by atoms with Crippen molar-refractivity contribution >= 4 is 11.0 Å². The van der Waals surface area contributed by atoms with E-state index in [0.717, 1.165) is 5.39 Å². The molecule has 0 aliphatic carbocycles. The Kier molecular flexibility index (Phi) is 5.91. The van der Waals surface area contributed by atoms with Gasteiger partial charge in [0, 0.05) is 24.6 Å². The second-order valence-electron chi connectivity index (χ2n) is 2.62. The van der Waals surface area contributed by atoms with Crippen molar-refractivity contribution in [1.29, 1.82) is 15.8 Å². The first-order chi connectivity index (χ1) is 8.29. The van der Waals surface area contributed by atoms with Crippen LogP contribution in [0.25, 0.3) is 11.0 Å². The SMILES string of the molecule is C#N.C#N.N#Cc1ccc2ccc(=O)oc2c1. The first kappa shape index (κ1) is 13.9. The maximum absolute atomic E-state index is 10.8. The maximum atomic E-state index is 10.8. The van der Waals surface area contributed by atoms with Crippen LogP contribution in [0.15, 0.2) is 39.5 Å². The van der Waals surface area contributed by atoms with Crippen LogP contribution in [0.4, 0.5) is 0 Å². The highest BCUT2D eigenvalue weighted by Crippen LogP contribution is 2.12. The van der Waals surface area contributed by atoms with Crippen molar-refractivity contribution < 1.29 is 4.42 Å². The van der Waals surface area contributed by atoms with Crippen LogP contribution in [0.5, 0.6) is 0 Å². The highest BCUT2D eigenvalue weighted by atomic mass is 16.4. The van der Waals surface area contributed by atoms with Gasteiger partial charge >= 0.3 is 5.63 Å². The molecule has 0 aliphatic heterocycles. The predicted molar refractivity (Wildman–Crippen MR) is 60.5 cm³/mol. The summed E-state index contributed by atoms with van der Waals surface area (Å²) in [7, 11) is 0. The minimum atomic E-state index is -0.400. The molecule has 0 radical (unpaired) electrons. The van der Waals surface area contributed by atoms with Crippen molar-refractivity contribution in [3.8, 4) is 19.2 Å². The lowest BCUT2D eigenvalue weighted by Gasteiger charge is -1.94. The molecule has 0 amide bonds. The molecule has 0 saturated carbocycles. The topological polar surface area (TPSA) is 102 Å². The van der Waals surface area contributed by atoms with Crippen molar-refractivity contribution in [3.05, 3.63) is 46.3 Å². The third-order valence-corrected chi connectivity index (χ3v) is 1.75. The fraction of sp³-hybridized carbons (Fsp3) is 0. The summed E-state index contributed by atoms with van der Waals surface area (Å²) in [4.78, 5) is 10.8. The smallest absolute Gasteiger partial charge is 0.336 e. The quantitative estimate of drug-likeness (QED) is 0.637. The number of nitrogens with zero attached hydrogens (tertiary/aromatic N) is 3. The second kappa shape index (κ2) is 7.23. The highest BCUT2D eigenvalue weighted by Gasteiger charge is 1.97. The zero-order chi connectivity index (χ0) is 13.3. The molecular weight excluding hydrogens is 218 g/mol. The van der Waals surface area contributed by atoms with E-state index in [1.807, 2.05) is 6.07 Å². The number of rotatable bonds is 0. The largest absolute Gasteiger partial charge is 0.423 e. The Labute approximate surface area is 97.4 Å². The summed E-state index contributed by atoms with van der Waals surface area (Å²) >= 11 is 0. The van der Waals surface area contributed by atoms with Crippen molar-refractivity contribution in [2.24, 2.45) is 0 Å². The monoisotopic (exact) mass is 225 g/mol.